The molecule has 2 rings (SSSR count). The maximum absolute atomic E-state index is 5.43. The molecule has 1 aromatic rings. The zero-order chi connectivity index (χ0) is 9.26. The van der Waals surface area contributed by atoms with E-state index in [1.165, 1.54) is 0 Å². The molecule has 13 heavy (non-hydrogen) atoms. The predicted octanol–water partition coefficient (Wildman–Crippen LogP) is -0.136. The average Bonchev–Trinajstić information content (AvgIpc) is 2.51. The maximum atomic E-state index is 5.43. The van der Waals surface area contributed by atoms with Crippen molar-refractivity contribution in [1.29, 1.82) is 0 Å². The largest absolute Gasteiger partial charge is 0.378 e. The summed E-state index contributed by atoms with van der Waals surface area (Å²) >= 11 is 0. The molecular weight excluding hydrogens is 168 g/mol. The van der Waals surface area contributed by atoms with Gasteiger partial charge in [0.1, 0.15) is 6.33 Å². The molecule has 1 aromatic heterocycles. The molecule has 0 bridgehead atoms. The van der Waals surface area contributed by atoms with Gasteiger partial charge in [0.15, 0.2) is 5.82 Å². The van der Waals surface area contributed by atoms with Gasteiger partial charge in [-0.2, -0.15) is 0 Å². The minimum atomic E-state index is 0.177. The Kier molecular flexibility index (Phi) is 2.28. The van der Waals surface area contributed by atoms with Crippen molar-refractivity contribution in [3.8, 4) is 0 Å². The van der Waals surface area contributed by atoms with Crippen LogP contribution in [-0.2, 0) is 11.8 Å². The molecule has 0 amide bonds. The van der Waals surface area contributed by atoms with Crippen LogP contribution in [0.25, 0.3) is 0 Å². The molecule has 0 radical (unpaired) electrons. The van der Waals surface area contributed by atoms with Crippen molar-refractivity contribution in [3.05, 3.63) is 12.2 Å². The van der Waals surface area contributed by atoms with Gasteiger partial charge >= 0.3 is 0 Å². The lowest BCUT2D eigenvalue weighted by Crippen LogP contribution is -2.42. The van der Waals surface area contributed by atoms with E-state index in [1.54, 1.807) is 6.33 Å². The highest BCUT2D eigenvalue weighted by molar-refractivity contribution is 4.96. The Hall–Kier alpha value is -0.940. The summed E-state index contributed by atoms with van der Waals surface area (Å²) in [4.78, 5) is 0. The van der Waals surface area contributed by atoms with Gasteiger partial charge in [0.05, 0.1) is 19.3 Å². The van der Waals surface area contributed by atoms with Crippen molar-refractivity contribution < 1.29 is 4.74 Å². The van der Waals surface area contributed by atoms with E-state index in [0.717, 1.165) is 12.4 Å². The zero-order valence-corrected chi connectivity index (χ0v) is 7.90. The number of rotatable bonds is 1. The van der Waals surface area contributed by atoms with Crippen molar-refractivity contribution in [2.45, 2.75) is 19.0 Å². The number of nitrogens with zero attached hydrogens (tertiary/aromatic N) is 3. The Bertz CT molecular complexity index is 285. The molecule has 5 heteroatoms. The van der Waals surface area contributed by atoms with Gasteiger partial charge in [0.25, 0.3) is 0 Å². The van der Waals surface area contributed by atoms with E-state index in [9.17, 15) is 0 Å². The summed E-state index contributed by atoms with van der Waals surface area (Å²) in [6.45, 7) is 3.55. The Morgan fingerprint density at radius 1 is 1.62 bits per heavy atom. The average molecular weight is 182 g/mol. The first-order chi connectivity index (χ1) is 6.27. The number of aryl methyl sites for hydroxylation is 1. The molecule has 2 heterocycles. The van der Waals surface area contributed by atoms with Crippen molar-refractivity contribution in [3.63, 3.8) is 0 Å². The quantitative estimate of drug-likeness (QED) is 0.657. The summed E-state index contributed by atoms with van der Waals surface area (Å²) in [6, 6.07) is 0.562. The van der Waals surface area contributed by atoms with Gasteiger partial charge < -0.3 is 14.6 Å². The van der Waals surface area contributed by atoms with Crippen LogP contribution in [0, 0.1) is 0 Å². The fourth-order valence-electron chi connectivity index (χ4n) is 1.56. The van der Waals surface area contributed by atoms with E-state index in [1.807, 2.05) is 11.6 Å². The van der Waals surface area contributed by atoms with Crippen molar-refractivity contribution in [2.75, 3.05) is 13.2 Å². The maximum Gasteiger partial charge on any atom is 0.152 e. The monoisotopic (exact) mass is 182 g/mol. The van der Waals surface area contributed by atoms with E-state index in [-0.39, 0.29) is 6.04 Å². The molecule has 1 aliphatic rings. The molecule has 0 saturated carbocycles. The van der Waals surface area contributed by atoms with E-state index in [0.29, 0.717) is 12.6 Å². The lowest BCUT2D eigenvalue weighted by atomic mass is 10.2. The van der Waals surface area contributed by atoms with Crippen LogP contribution in [0.4, 0.5) is 0 Å². The highest BCUT2D eigenvalue weighted by Crippen LogP contribution is 2.13. The second-order valence-corrected chi connectivity index (χ2v) is 3.46. The highest BCUT2D eigenvalue weighted by atomic mass is 16.5. The van der Waals surface area contributed by atoms with Crippen LogP contribution in [0.15, 0.2) is 6.33 Å². The minimum Gasteiger partial charge on any atom is -0.378 e. The first-order valence-electron chi connectivity index (χ1n) is 4.45. The van der Waals surface area contributed by atoms with Crippen LogP contribution in [0.5, 0.6) is 0 Å². The molecule has 2 atom stereocenters. The number of aromatic nitrogens is 3. The minimum absolute atomic E-state index is 0.177. The molecule has 1 saturated heterocycles. The van der Waals surface area contributed by atoms with Gasteiger partial charge in [-0.15, -0.1) is 10.2 Å². The summed E-state index contributed by atoms with van der Waals surface area (Å²) in [5, 5.41) is 11.3. The fourth-order valence-corrected chi connectivity index (χ4v) is 1.56. The number of nitrogens with one attached hydrogen (secondary N) is 1. The SMILES string of the molecule is C[C@H]1COC[C@@H](c2nncn2C)N1. The first kappa shape index (κ1) is 8.65. The molecule has 0 aromatic carbocycles. The van der Waals surface area contributed by atoms with E-state index in [4.69, 9.17) is 4.74 Å². The molecule has 1 fully saturated rings. The van der Waals surface area contributed by atoms with Crippen LogP contribution in [0.3, 0.4) is 0 Å². The summed E-state index contributed by atoms with van der Waals surface area (Å²) in [5.41, 5.74) is 0. The van der Waals surface area contributed by atoms with Gasteiger partial charge in [-0.05, 0) is 6.92 Å². The molecule has 1 N–H and O–H groups in total. The number of hydrogen-bond acceptors (Lipinski definition) is 4. The second-order valence-electron chi connectivity index (χ2n) is 3.46. The van der Waals surface area contributed by atoms with Gasteiger partial charge in [0.2, 0.25) is 0 Å². The third-order valence-electron chi connectivity index (χ3n) is 2.20. The number of morpholine rings is 1. The van der Waals surface area contributed by atoms with Gasteiger partial charge in [-0.3, -0.25) is 0 Å². The fraction of sp³-hybridized carbons (Fsp3) is 0.750. The molecule has 1 aliphatic heterocycles. The van der Waals surface area contributed by atoms with Crippen LogP contribution < -0.4 is 5.32 Å². The molecule has 0 spiro atoms. The summed E-state index contributed by atoms with van der Waals surface area (Å²) in [7, 11) is 1.94. The third kappa shape index (κ3) is 1.71. The molecule has 0 aliphatic carbocycles. The van der Waals surface area contributed by atoms with Crippen LogP contribution in [0.2, 0.25) is 0 Å². The Morgan fingerprint density at radius 2 is 2.46 bits per heavy atom. The van der Waals surface area contributed by atoms with E-state index < -0.39 is 0 Å². The van der Waals surface area contributed by atoms with Gasteiger partial charge in [0, 0.05) is 13.1 Å². The topological polar surface area (TPSA) is 52.0 Å². The standard InChI is InChI=1S/C8H14N4O/c1-6-3-13-4-7(10-6)8-11-9-5-12(8)2/h5-7,10H,3-4H2,1-2H3/t6-,7-/m0/s1. The first-order valence-corrected chi connectivity index (χ1v) is 4.45. The number of ether oxygens (including phenoxy) is 1. The summed E-state index contributed by atoms with van der Waals surface area (Å²) in [5.74, 6) is 0.937. The predicted molar refractivity (Wildman–Crippen MR) is 47.2 cm³/mol. The molecule has 72 valence electrons. The summed E-state index contributed by atoms with van der Waals surface area (Å²) < 4.78 is 7.35. The Labute approximate surface area is 77.1 Å². The Balaban J connectivity index is 2.12. The van der Waals surface area contributed by atoms with Crippen LogP contribution in [0.1, 0.15) is 18.8 Å². The highest BCUT2D eigenvalue weighted by Gasteiger charge is 2.23. The Morgan fingerprint density at radius 3 is 3.08 bits per heavy atom. The molecule has 5 nitrogen and oxygen atoms in total. The zero-order valence-electron chi connectivity index (χ0n) is 7.90. The smallest absolute Gasteiger partial charge is 0.152 e. The van der Waals surface area contributed by atoms with Crippen molar-refractivity contribution in [2.24, 2.45) is 7.05 Å². The van der Waals surface area contributed by atoms with E-state index >= 15 is 0 Å². The van der Waals surface area contributed by atoms with Crippen molar-refractivity contribution >= 4 is 0 Å². The van der Waals surface area contributed by atoms with Crippen LogP contribution in [-0.4, -0.2) is 34.0 Å². The van der Waals surface area contributed by atoms with Gasteiger partial charge in [-0.1, -0.05) is 0 Å². The lowest BCUT2D eigenvalue weighted by Gasteiger charge is -2.27. The van der Waals surface area contributed by atoms with E-state index in [2.05, 4.69) is 22.4 Å². The molecule has 0 unspecified atom stereocenters. The molecular formula is C8H14N4O. The third-order valence-corrected chi connectivity index (χ3v) is 2.20. The van der Waals surface area contributed by atoms with Crippen LogP contribution >= 0.6 is 0 Å². The normalized spacial score (nSPS) is 29.1. The second kappa shape index (κ2) is 3.43. The lowest BCUT2D eigenvalue weighted by molar-refractivity contribution is 0.0470. The van der Waals surface area contributed by atoms with Crippen molar-refractivity contribution in [1.82, 2.24) is 20.1 Å². The van der Waals surface area contributed by atoms with Gasteiger partial charge in [-0.25, -0.2) is 0 Å². The number of hydrogen-bond donors (Lipinski definition) is 1. The summed E-state index contributed by atoms with van der Waals surface area (Å²) in [6.07, 6.45) is 1.70.